The van der Waals surface area contributed by atoms with Crippen LogP contribution in [0, 0.1) is 11.8 Å². The molecule has 173 valence electrons. The van der Waals surface area contributed by atoms with Crippen LogP contribution in [0.25, 0.3) is 0 Å². The number of benzene rings is 1. The van der Waals surface area contributed by atoms with E-state index in [1.807, 2.05) is 12.2 Å². The van der Waals surface area contributed by atoms with Crippen molar-refractivity contribution in [3.8, 4) is 0 Å². The molecule has 4 amide bonds. The van der Waals surface area contributed by atoms with E-state index in [-0.39, 0.29) is 35.5 Å². The van der Waals surface area contributed by atoms with Crippen molar-refractivity contribution < 1.29 is 36.2 Å². The molecular weight excluding hydrogens is 534 g/mol. The zero-order chi connectivity index (χ0) is 24.6. The van der Waals surface area contributed by atoms with Crippen LogP contribution < -0.4 is 0 Å². The number of hydrogen-bond acceptors (Lipinski definition) is 5. The molecule has 0 bridgehead atoms. The summed E-state index contributed by atoms with van der Waals surface area (Å²) in [6.07, 6.45) is 7.18. The Morgan fingerprint density at radius 1 is 0.875 bits per heavy atom. The number of thioether (sulfide) groups is 1. The summed E-state index contributed by atoms with van der Waals surface area (Å²) in [5.74, 6) is -0.560. The second kappa shape index (κ2) is 13.0. The molecule has 1 saturated heterocycles. The van der Waals surface area contributed by atoms with Gasteiger partial charge in [0.25, 0.3) is 11.8 Å². The minimum absolute atomic E-state index is 0.00523. The van der Waals surface area contributed by atoms with Gasteiger partial charge in [-0.25, -0.2) is 0 Å². The molecule has 2 atom stereocenters. The average Bonchev–Trinajstić information content (AvgIpc) is 3.16. The molecule has 1 fully saturated rings. The fraction of sp³-hybridized carbons (Fsp3) is 0.381. The summed E-state index contributed by atoms with van der Waals surface area (Å²) in [6.45, 7) is 0. The number of carbonyl (C=O) groups is 4. The van der Waals surface area contributed by atoms with Crippen molar-refractivity contribution in [1.29, 1.82) is 0 Å². The second-order valence-electron chi connectivity index (χ2n) is 6.76. The fourth-order valence-electron chi connectivity index (χ4n) is 3.28. The van der Waals surface area contributed by atoms with Gasteiger partial charge in [0, 0.05) is 14.1 Å². The van der Waals surface area contributed by atoms with Crippen LogP contribution in [0.15, 0.2) is 36.4 Å². The predicted octanol–water partition coefficient (Wildman–Crippen LogP) is 4.12. The standard InChI is InChI=1S/C9H11NO2.C9H7NO2.C2H3Cl3S.CH2.V/c2*1-10-8(11)6-4-2-3-5-7(6)9(10)12;1-6-2(3,4)5;;/h2-3,6-7H,4-5H2,1H3;2-5H,1H3;1H3;1H2;. The summed E-state index contributed by atoms with van der Waals surface area (Å²) >= 11 is 18.9. The topological polar surface area (TPSA) is 74.8 Å². The van der Waals surface area contributed by atoms with Crippen molar-refractivity contribution >= 4 is 75.4 Å². The molecule has 2 unspecified atom stereocenters. The third-order valence-corrected chi connectivity index (χ3v) is 6.81. The quantitative estimate of drug-likeness (QED) is 0.273. The summed E-state index contributed by atoms with van der Waals surface area (Å²) in [7, 11) is 3.06. The van der Waals surface area contributed by atoms with E-state index in [2.05, 4.69) is 22.2 Å². The number of alkyl halides is 3. The molecule has 0 saturated carbocycles. The molecule has 6 nitrogen and oxygen atoms in total. The van der Waals surface area contributed by atoms with Crippen LogP contribution in [0.2, 0.25) is 0 Å². The number of allylic oxidation sites excluding steroid dienone is 2. The Kier molecular flexibility index (Phi) is 11.7. The summed E-state index contributed by atoms with van der Waals surface area (Å²) < 4.78 is -1.12. The van der Waals surface area contributed by atoms with Gasteiger partial charge in [-0.1, -0.05) is 59.1 Å². The van der Waals surface area contributed by atoms with Crippen molar-refractivity contribution in [2.45, 2.75) is 16.0 Å². The zero-order valence-corrected chi connectivity index (χ0v) is 22.2. The number of halogens is 3. The summed E-state index contributed by atoms with van der Waals surface area (Å²) in [5.41, 5.74) is 1.01. The number of nitrogens with zero attached hydrogens (tertiary/aromatic N) is 2. The van der Waals surface area contributed by atoms with E-state index in [1.165, 1.54) is 23.7 Å². The summed E-state index contributed by atoms with van der Waals surface area (Å²) in [4.78, 5) is 47.9. The SMILES string of the molecule is CN1C(=O)C2CC=CCC2C1=O.CN1C(=O)c2ccccc2C1=O.CSC(Cl)(Cl)Cl.[CH2]=[V]. The molecule has 2 heterocycles. The molecule has 2 aliphatic heterocycles. The molecule has 1 aromatic rings. The van der Waals surface area contributed by atoms with Gasteiger partial charge in [0.2, 0.25) is 14.9 Å². The predicted molar refractivity (Wildman–Crippen MR) is 127 cm³/mol. The average molecular weight is 557 g/mol. The normalized spacial score (nSPS) is 20.9. The van der Waals surface area contributed by atoms with Crippen molar-refractivity contribution in [2.24, 2.45) is 11.8 Å². The second-order valence-corrected chi connectivity index (χ2v) is 10.7. The number of rotatable bonds is 0. The Hall–Kier alpha value is -1.09. The van der Waals surface area contributed by atoms with Gasteiger partial charge in [-0.05, 0) is 31.2 Å². The molecule has 0 N–H and O–H groups in total. The first-order valence-electron chi connectivity index (χ1n) is 9.31. The number of imide groups is 2. The number of carbonyl (C=O) groups excluding carboxylic acids is 4. The number of fused-ring (bicyclic) bond motifs is 2. The van der Waals surface area contributed by atoms with Crippen LogP contribution in [-0.2, 0) is 26.6 Å². The fourth-order valence-corrected chi connectivity index (χ4v) is 3.28. The van der Waals surface area contributed by atoms with E-state index in [9.17, 15) is 19.2 Å². The van der Waals surface area contributed by atoms with E-state index in [0.29, 0.717) is 11.1 Å². The molecule has 0 spiro atoms. The first-order chi connectivity index (χ1) is 15.0. The molecule has 0 aromatic heterocycles. The van der Waals surface area contributed by atoms with Crippen molar-refractivity contribution in [3.63, 3.8) is 0 Å². The Labute approximate surface area is 216 Å². The summed E-state index contributed by atoms with van der Waals surface area (Å²) in [5, 5.41) is 3.19. The van der Waals surface area contributed by atoms with E-state index in [4.69, 9.17) is 34.8 Å². The molecule has 3 aliphatic rings. The maximum absolute atomic E-state index is 11.4. The number of amides is 4. The van der Waals surface area contributed by atoms with Gasteiger partial charge in [-0.15, -0.1) is 11.8 Å². The van der Waals surface area contributed by atoms with Crippen molar-refractivity contribution in [2.75, 3.05) is 20.4 Å². The van der Waals surface area contributed by atoms with Gasteiger partial charge in [0.1, 0.15) is 0 Å². The molecule has 4 rings (SSSR count). The zero-order valence-electron chi connectivity index (χ0n) is 17.8. The van der Waals surface area contributed by atoms with Gasteiger partial charge in [-0.3, -0.25) is 29.0 Å². The molecule has 1 aliphatic carbocycles. The Balaban J connectivity index is 0.000000244. The van der Waals surface area contributed by atoms with Crippen LogP contribution in [0.3, 0.4) is 0 Å². The van der Waals surface area contributed by atoms with Gasteiger partial charge >= 0.3 is 22.2 Å². The minimum atomic E-state index is -1.12. The van der Waals surface area contributed by atoms with E-state index in [1.54, 1.807) is 37.6 Å². The summed E-state index contributed by atoms with van der Waals surface area (Å²) in [6, 6.07) is 6.84. The van der Waals surface area contributed by atoms with Crippen molar-refractivity contribution in [3.05, 3.63) is 47.5 Å². The van der Waals surface area contributed by atoms with Gasteiger partial charge in [0.05, 0.1) is 23.0 Å². The number of likely N-dealkylation sites (tertiary alicyclic amines) is 1. The maximum atomic E-state index is 11.4. The number of hydrogen-bond donors (Lipinski definition) is 0. The monoisotopic (exact) mass is 555 g/mol. The van der Waals surface area contributed by atoms with Crippen LogP contribution in [0.1, 0.15) is 33.6 Å². The van der Waals surface area contributed by atoms with Crippen molar-refractivity contribution in [1.82, 2.24) is 9.80 Å². The molecule has 0 radical (unpaired) electrons. The van der Waals surface area contributed by atoms with E-state index < -0.39 is 3.12 Å². The van der Waals surface area contributed by atoms with Crippen LogP contribution in [-0.4, -0.2) is 62.1 Å². The molecule has 1 aromatic carbocycles. The third-order valence-electron chi connectivity index (χ3n) is 4.96. The Morgan fingerprint density at radius 2 is 1.22 bits per heavy atom. The van der Waals surface area contributed by atoms with Gasteiger partial charge in [-0.2, -0.15) is 0 Å². The van der Waals surface area contributed by atoms with E-state index in [0.717, 1.165) is 17.7 Å². The molecular formula is C21H23Cl3N2O4SV. The van der Waals surface area contributed by atoms with Gasteiger partial charge in [0.15, 0.2) is 0 Å². The van der Waals surface area contributed by atoms with Crippen LogP contribution in [0.4, 0.5) is 0 Å². The van der Waals surface area contributed by atoms with Crippen LogP contribution >= 0.6 is 46.6 Å². The Morgan fingerprint density at radius 3 is 1.53 bits per heavy atom. The first kappa shape index (κ1) is 28.9. The van der Waals surface area contributed by atoms with E-state index >= 15 is 0 Å². The Bertz CT molecular complexity index is 846. The first-order valence-corrected chi connectivity index (χ1v) is 12.7. The van der Waals surface area contributed by atoms with Crippen LogP contribution in [0.5, 0.6) is 0 Å². The molecule has 11 heteroatoms. The van der Waals surface area contributed by atoms with Gasteiger partial charge < -0.3 is 0 Å². The third kappa shape index (κ3) is 7.21. The molecule has 32 heavy (non-hydrogen) atoms.